The minimum absolute atomic E-state index is 0.352. The van der Waals surface area contributed by atoms with Gasteiger partial charge in [0.25, 0.3) is 0 Å². The standard InChI is InChI=1S/C15H22N2O2/c1-15(2,11-16)7-8-19-14-6-5-13(18-4)9-12(14)10-17-3/h5-6,9,17H,7-8,10H2,1-4H3. The Balaban J connectivity index is 2.70. The third kappa shape index (κ3) is 4.80. The van der Waals surface area contributed by atoms with Crippen LogP contribution in [0, 0.1) is 16.7 Å². The van der Waals surface area contributed by atoms with Gasteiger partial charge in [0.05, 0.1) is 25.2 Å². The molecular weight excluding hydrogens is 240 g/mol. The first-order chi connectivity index (χ1) is 9.02. The van der Waals surface area contributed by atoms with Gasteiger partial charge >= 0.3 is 0 Å². The predicted molar refractivity (Wildman–Crippen MR) is 75.3 cm³/mol. The quantitative estimate of drug-likeness (QED) is 0.821. The van der Waals surface area contributed by atoms with Crippen molar-refractivity contribution < 1.29 is 9.47 Å². The van der Waals surface area contributed by atoms with Crippen molar-refractivity contribution in [3.63, 3.8) is 0 Å². The normalized spacial score (nSPS) is 10.9. The molecule has 0 unspecified atom stereocenters. The molecule has 0 bridgehead atoms. The van der Waals surface area contributed by atoms with E-state index in [9.17, 15) is 0 Å². The second kappa shape index (κ2) is 7.01. The number of nitrogens with one attached hydrogen (secondary N) is 1. The van der Waals surface area contributed by atoms with Crippen molar-refractivity contribution in [2.24, 2.45) is 5.41 Å². The molecule has 0 heterocycles. The van der Waals surface area contributed by atoms with E-state index in [0.29, 0.717) is 19.6 Å². The fourth-order valence-electron chi connectivity index (χ4n) is 1.62. The molecule has 4 nitrogen and oxygen atoms in total. The van der Waals surface area contributed by atoms with Gasteiger partial charge in [0.1, 0.15) is 11.5 Å². The van der Waals surface area contributed by atoms with Crippen molar-refractivity contribution in [3.05, 3.63) is 23.8 Å². The maximum Gasteiger partial charge on any atom is 0.124 e. The molecule has 0 aliphatic carbocycles. The first-order valence-corrected chi connectivity index (χ1v) is 6.38. The van der Waals surface area contributed by atoms with Gasteiger partial charge in [0.2, 0.25) is 0 Å². The Kier molecular flexibility index (Phi) is 5.65. The van der Waals surface area contributed by atoms with E-state index < -0.39 is 0 Å². The third-order valence-electron chi connectivity index (χ3n) is 2.92. The summed E-state index contributed by atoms with van der Waals surface area (Å²) < 4.78 is 11.0. The van der Waals surface area contributed by atoms with Gasteiger partial charge in [-0.25, -0.2) is 0 Å². The van der Waals surface area contributed by atoms with Crippen LogP contribution in [0.5, 0.6) is 11.5 Å². The lowest BCUT2D eigenvalue weighted by Gasteiger charge is -2.17. The lowest BCUT2D eigenvalue weighted by molar-refractivity contribution is 0.261. The van der Waals surface area contributed by atoms with Crippen LogP contribution in [0.1, 0.15) is 25.8 Å². The van der Waals surface area contributed by atoms with E-state index in [1.807, 2.05) is 39.1 Å². The Morgan fingerprint density at radius 1 is 1.37 bits per heavy atom. The molecule has 0 radical (unpaired) electrons. The van der Waals surface area contributed by atoms with Crippen LogP contribution in [0.3, 0.4) is 0 Å². The number of ether oxygens (including phenoxy) is 2. The summed E-state index contributed by atoms with van der Waals surface area (Å²) in [5, 5.41) is 12.1. The number of benzene rings is 1. The van der Waals surface area contributed by atoms with Gasteiger partial charge in [-0.3, -0.25) is 0 Å². The van der Waals surface area contributed by atoms with E-state index in [1.54, 1.807) is 7.11 Å². The first-order valence-electron chi connectivity index (χ1n) is 6.38. The average molecular weight is 262 g/mol. The van der Waals surface area contributed by atoms with Crippen molar-refractivity contribution in [2.75, 3.05) is 20.8 Å². The summed E-state index contributed by atoms with van der Waals surface area (Å²) in [6, 6.07) is 8.02. The summed E-state index contributed by atoms with van der Waals surface area (Å²) in [6.07, 6.45) is 0.703. The van der Waals surface area contributed by atoms with Crippen molar-refractivity contribution in [2.45, 2.75) is 26.8 Å². The average Bonchev–Trinajstić information content (AvgIpc) is 2.40. The maximum absolute atomic E-state index is 8.97. The second-order valence-electron chi connectivity index (χ2n) is 5.10. The molecule has 1 rings (SSSR count). The molecule has 0 saturated heterocycles. The van der Waals surface area contributed by atoms with Crippen molar-refractivity contribution >= 4 is 0 Å². The molecule has 0 spiro atoms. The number of hydrogen-bond acceptors (Lipinski definition) is 4. The molecule has 1 N–H and O–H groups in total. The SMILES string of the molecule is CNCc1cc(OC)ccc1OCCC(C)(C)C#N. The molecule has 0 saturated carbocycles. The number of rotatable bonds is 7. The summed E-state index contributed by atoms with van der Waals surface area (Å²) in [6.45, 7) is 5.08. The highest BCUT2D eigenvalue weighted by molar-refractivity contribution is 5.40. The molecule has 4 heteroatoms. The van der Waals surface area contributed by atoms with E-state index in [2.05, 4.69) is 11.4 Å². The zero-order valence-corrected chi connectivity index (χ0v) is 12.1. The van der Waals surface area contributed by atoms with Crippen molar-refractivity contribution in [3.8, 4) is 17.6 Å². The molecule has 104 valence electrons. The smallest absolute Gasteiger partial charge is 0.124 e. The van der Waals surface area contributed by atoms with E-state index >= 15 is 0 Å². The van der Waals surface area contributed by atoms with Crippen LogP contribution < -0.4 is 14.8 Å². The van der Waals surface area contributed by atoms with E-state index in [1.165, 1.54) is 0 Å². The van der Waals surface area contributed by atoms with Gasteiger partial charge in [-0.15, -0.1) is 0 Å². The van der Waals surface area contributed by atoms with Gasteiger partial charge in [0.15, 0.2) is 0 Å². The van der Waals surface area contributed by atoms with Crippen LogP contribution >= 0.6 is 0 Å². The van der Waals surface area contributed by atoms with Crippen LogP contribution in [-0.2, 0) is 6.54 Å². The Morgan fingerprint density at radius 2 is 2.11 bits per heavy atom. The lowest BCUT2D eigenvalue weighted by atomic mass is 9.92. The molecule has 0 aliphatic rings. The Bertz CT molecular complexity index is 450. The van der Waals surface area contributed by atoms with Gasteiger partial charge in [0, 0.05) is 12.1 Å². The van der Waals surface area contributed by atoms with Crippen LogP contribution in [0.25, 0.3) is 0 Å². The topological polar surface area (TPSA) is 54.3 Å². The lowest BCUT2D eigenvalue weighted by Crippen LogP contribution is -2.14. The summed E-state index contributed by atoms with van der Waals surface area (Å²) in [5.41, 5.74) is 0.701. The summed E-state index contributed by atoms with van der Waals surface area (Å²) in [7, 11) is 3.54. The van der Waals surface area contributed by atoms with Gasteiger partial charge in [-0.1, -0.05) is 0 Å². The molecule has 0 amide bonds. The molecule has 0 fully saturated rings. The summed E-state index contributed by atoms with van der Waals surface area (Å²) >= 11 is 0. The highest BCUT2D eigenvalue weighted by Gasteiger charge is 2.16. The van der Waals surface area contributed by atoms with Gasteiger partial charge < -0.3 is 14.8 Å². The predicted octanol–water partition coefficient (Wildman–Crippen LogP) is 2.73. The van der Waals surface area contributed by atoms with Crippen LogP contribution in [0.2, 0.25) is 0 Å². The number of hydrogen-bond donors (Lipinski definition) is 1. The zero-order valence-electron chi connectivity index (χ0n) is 12.1. The minimum Gasteiger partial charge on any atom is -0.497 e. The molecule has 0 aliphatic heterocycles. The first kappa shape index (κ1) is 15.3. The molecule has 1 aromatic carbocycles. The highest BCUT2D eigenvalue weighted by atomic mass is 16.5. The highest BCUT2D eigenvalue weighted by Crippen LogP contribution is 2.25. The fourth-order valence-corrected chi connectivity index (χ4v) is 1.62. The van der Waals surface area contributed by atoms with E-state index in [-0.39, 0.29) is 5.41 Å². The fraction of sp³-hybridized carbons (Fsp3) is 0.533. The second-order valence-corrected chi connectivity index (χ2v) is 5.10. The summed E-state index contributed by atoms with van der Waals surface area (Å²) in [4.78, 5) is 0. The van der Waals surface area contributed by atoms with E-state index in [4.69, 9.17) is 14.7 Å². The zero-order chi connectivity index (χ0) is 14.3. The monoisotopic (exact) mass is 262 g/mol. The number of nitrogens with zero attached hydrogens (tertiary/aromatic N) is 1. The van der Waals surface area contributed by atoms with Crippen molar-refractivity contribution in [1.82, 2.24) is 5.32 Å². The Morgan fingerprint density at radius 3 is 2.68 bits per heavy atom. The van der Waals surface area contributed by atoms with E-state index in [0.717, 1.165) is 17.1 Å². The molecule has 0 aromatic heterocycles. The van der Waals surface area contributed by atoms with Gasteiger partial charge in [-0.2, -0.15) is 5.26 Å². The molecule has 1 aromatic rings. The van der Waals surface area contributed by atoms with Crippen molar-refractivity contribution in [1.29, 1.82) is 5.26 Å². The number of nitriles is 1. The Labute approximate surface area is 115 Å². The number of methoxy groups -OCH3 is 1. The van der Waals surface area contributed by atoms with Crippen LogP contribution in [-0.4, -0.2) is 20.8 Å². The summed E-state index contributed by atoms with van der Waals surface area (Å²) in [5.74, 6) is 1.65. The third-order valence-corrected chi connectivity index (χ3v) is 2.92. The van der Waals surface area contributed by atoms with Crippen LogP contribution in [0.4, 0.5) is 0 Å². The Hall–Kier alpha value is -1.73. The van der Waals surface area contributed by atoms with Crippen LogP contribution in [0.15, 0.2) is 18.2 Å². The molecule has 0 atom stereocenters. The molecular formula is C15H22N2O2. The largest absolute Gasteiger partial charge is 0.497 e. The minimum atomic E-state index is -0.352. The maximum atomic E-state index is 8.97. The van der Waals surface area contributed by atoms with Gasteiger partial charge in [-0.05, 0) is 45.5 Å². The molecule has 19 heavy (non-hydrogen) atoms.